The fourth-order valence-corrected chi connectivity index (χ4v) is 4.13. The third kappa shape index (κ3) is 4.30. The molecule has 0 saturated heterocycles. The Morgan fingerprint density at radius 3 is 1.16 bits per heavy atom. The first-order chi connectivity index (χ1) is 15.3. The normalized spacial score (nSPS) is 10.7. The molecule has 0 amide bonds. The van der Waals surface area contributed by atoms with Crippen molar-refractivity contribution in [3.63, 3.8) is 0 Å². The van der Waals surface area contributed by atoms with E-state index in [0.717, 1.165) is 16.1 Å². The molecule has 0 unspecified atom stereocenters. The van der Waals surface area contributed by atoms with Crippen LogP contribution in [0.5, 0.6) is 0 Å². The van der Waals surface area contributed by atoms with Crippen LogP contribution in [0.25, 0.3) is 44.5 Å². The van der Waals surface area contributed by atoms with E-state index in [0.29, 0.717) is 0 Å². The summed E-state index contributed by atoms with van der Waals surface area (Å²) >= 11 is 6.23. The molecule has 5 aromatic rings. The molecule has 5 rings (SSSR count). The lowest BCUT2D eigenvalue weighted by atomic mass is 9.92. The van der Waals surface area contributed by atoms with Gasteiger partial charge in [0.15, 0.2) is 0 Å². The van der Waals surface area contributed by atoms with Gasteiger partial charge in [0.25, 0.3) is 0 Å². The van der Waals surface area contributed by atoms with Gasteiger partial charge in [0.05, 0.1) is 0 Å². The van der Waals surface area contributed by atoms with Crippen LogP contribution < -0.4 is 0 Å². The molecule has 148 valence electrons. The number of halogens is 1. The van der Waals surface area contributed by atoms with Crippen molar-refractivity contribution in [2.45, 2.75) is 0 Å². The Kier molecular flexibility index (Phi) is 5.39. The van der Waals surface area contributed by atoms with Gasteiger partial charge in [-0.2, -0.15) is 0 Å². The second-order valence-electron chi connectivity index (χ2n) is 7.62. The van der Waals surface area contributed by atoms with E-state index in [1.807, 2.05) is 18.2 Å². The number of hydrogen-bond acceptors (Lipinski definition) is 0. The largest absolute Gasteiger partial charge is 0.0843 e. The zero-order valence-electron chi connectivity index (χ0n) is 17.0. The summed E-state index contributed by atoms with van der Waals surface area (Å²) in [4.78, 5) is 0. The molecule has 0 atom stereocenters. The minimum atomic E-state index is 0.750. The van der Waals surface area contributed by atoms with Crippen molar-refractivity contribution in [2.24, 2.45) is 0 Å². The van der Waals surface area contributed by atoms with Gasteiger partial charge in [-0.05, 0) is 80.9 Å². The third-order valence-electron chi connectivity index (χ3n) is 5.50. The van der Waals surface area contributed by atoms with Crippen LogP contribution in [0.4, 0.5) is 0 Å². The average Bonchev–Trinajstić information content (AvgIpc) is 2.85. The summed E-state index contributed by atoms with van der Waals surface area (Å²) < 4.78 is 0. The van der Waals surface area contributed by atoms with Crippen LogP contribution in [0.1, 0.15) is 0 Å². The second kappa shape index (κ2) is 8.63. The Hall–Kier alpha value is -3.61. The predicted octanol–water partition coefficient (Wildman–Crippen LogP) is 9.01. The minimum absolute atomic E-state index is 0.750. The number of benzene rings is 5. The van der Waals surface area contributed by atoms with Crippen molar-refractivity contribution in [3.05, 3.63) is 132 Å². The zero-order chi connectivity index (χ0) is 21.0. The van der Waals surface area contributed by atoms with E-state index in [-0.39, 0.29) is 0 Å². The first-order valence-electron chi connectivity index (χ1n) is 10.4. The standard InChI is InChI=1S/C30H21Cl/c31-30-16-8-15-26(21-30)24-13-7-14-25(17-24)29-19-27(22-9-3-1-4-10-22)18-28(20-29)23-11-5-2-6-12-23/h1-21H. The highest BCUT2D eigenvalue weighted by atomic mass is 35.5. The average molecular weight is 417 g/mol. The summed E-state index contributed by atoms with van der Waals surface area (Å²) in [5.41, 5.74) is 9.52. The molecular formula is C30H21Cl. The van der Waals surface area contributed by atoms with Crippen molar-refractivity contribution in [1.29, 1.82) is 0 Å². The highest BCUT2D eigenvalue weighted by Gasteiger charge is 2.08. The number of hydrogen-bond donors (Lipinski definition) is 0. The van der Waals surface area contributed by atoms with E-state index in [1.165, 1.54) is 33.4 Å². The van der Waals surface area contributed by atoms with Crippen LogP contribution in [0.2, 0.25) is 5.02 Å². The summed E-state index contributed by atoms with van der Waals surface area (Å²) in [7, 11) is 0. The Balaban J connectivity index is 1.66. The van der Waals surface area contributed by atoms with Crippen LogP contribution in [-0.2, 0) is 0 Å². The molecule has 0 N–H and O–H groups in total. The van der Waals surface area contributed by atoms with Crippen molar-refractivity contribution < 1.29 is 0 Å². The summed E-state index contributed by atoms with van der Waals surface area (Å²) in [6, 6.07) is 44.6. The Labute approximate surface area is 188 Å². The van der Waals surface area contributed by atoms with E-state index in [4.69, 9.17) is 11.6 Å². The topological polar surface area (TPSA) is 0 Å². The summed E-state index contributed by atoms with van der Waals surface area (Å²) in [6.07, 6.45) is 0. The van der Waals surface area contributed by atoms with E-state index in [9.17, 15) is 0 Å². The SMILES string of the molecule is Clc1cccc(-c2cccc(-c3cc(-c4ccccc4)cc(-c4ccccc4)c3)c2)c1. The Morgan fingerprint density at radius 1 is 0.290 bits per heavy atom. The molecule has 0 fully saturated rings. The van der Waals surface area contributed by atoms with Gasteiger partial charge in [0.2, 0.25) is 0 Å². The zero-order valence-corrected chi connectivity index (χ0v) is 17.8. The maximum atomic E-state index is 6.23. The van der Waals surface area contributed by atoms with Gasteiger partial charge in [-0.3, -0.25) is 0 Å². The fourth-order valence-electron chi connectivity index (χ4n) is 3.94. The molecule has 1 heteroatoms. The smallest absolute Gasteiger partial charge is 0.0412 e. The molecule has 0 aromatic heterocycles. The quantitative estimate of drug-likeness (QED) is 0.274. The van der Waals surface area contributed by atoms with Gasteiger partial charge >= 0.3 is 0 Å². The molecule has 0 bridgehead atoms. The summed E-state index contributed by atoms with van der Waals surface area (Å²) in [5.74, 6) is 0. The lowest BCUT2D eigenvalue weighted by Gasteiger charge is -2.12. The molecule has 0 saturated carbocycles. The van der Waals surface area contributed by atoms with Crippen LogP contribution in [0.3, 0.4) is 0 Å². The van der Waals surface area contributed by atoms with Gasteiger partial charge in [0, 0.05) is 5.02 Å². The highest BCUT2D eigenvalue weighted by Crippen LogP contribution is 2.34. The van der Waals surface area contributed by atoms with E-state index in [2.05, 4.69) is 109 Å². The first-order valence-corrected chi connectivity index (χ1v) is 10.8. The summed E-state index contributed by atoms with van der Waals surface area (Å²) in [5, 5.41) is 0.750. The van der Waals surface area contributed by atoms with Crippen LogP contribution >= 0.6 is 11.6 Å². The molecule has 0 spiro atoms. The molecule has 0 aliphatic carbocycles. The first kappa shape index (κ1) is 19.4. The van der Waals surface area contributed by atoms with Crippen LogP contribution in [-0.4, -0.2) is 0 Å². The lowest BCUT2D eigenvalue weighted by molar-refractivity contribution is 1.56. The Morgan fingerprint density at radius 2 is 0.645 bits per heavy atom. The fraction of sp³-hybridized carbons (Fsp3) is 0. The lowest BCUT2D eigenvalue weighted by Crippen LogP contribution is -1.87. The monoisotopic (exact) mass is 416 g/mol. The molecule has 0 radical (unpaired) electrons. The second-order valence-corrected chi connectivity index (χ2v) is 8.06. The minimum Gasteiger partial charge on any atom is -0.0843 e. The molecule has 0 aliphatic heterocycles. The van der Waals surface area contributed by atoms with Crippen molar-refractivity contribution in [3.8, 4) is 44.5 Å². The molecule has 31 heavy (non-hydrogen) atoms. The maximum absolute atomic E-state index is 6.23. The maximum Gasteiger partial charge on any atom is 0.0412 e. The molecule has 5 aromatic carbocycles. The Bertz CT molecular complexity index is 1260. The van der Waals surface area contributed by atoms with E-state index >= 15 is 0 Å². The van der Waals surface area contributed by atoms with E-state index in [1.54, 1.807) is 0 Å². The molecular weight excluding hydrogens is 396 g/mol. The van der Waals surface area contributed by atoms with Gasteiger partial charge < -0.3 is 0 Å². The van der Waals surface area contributed by atoms with Crippen molar-refractivity contribution >= 4 is 11.6 Å². The predicted molar refractivity (Wildman–Crippen MR) is 133 cm³/mol. The van der Waals surface area contributed by atoms with Crippen molar-refractivity contribution in [1.82, 2.24) is 0 Å². The van der Waals surface area contributed by atoms with Crippen LogP contribution in [0, 0.1) is 0 Å². The third-order valence-corrected chi connectivity index (χ3v) is 5.74. The van der Waals surface area contributed by atoms with Gasteiger partial charge in [-0.25, -0.2) is 0 Å². The van der Waals surface area contributed by atoms with Gasteiger partial charge in [0.1, 0.15) is 0 Å². The van der Waals surface area contributed by atoms with Crippen molar-refractivity contribution in [2.75, 3.05) is 0 Å². The van der Waals surface area contributed by atoms with Crippen LogP contribution in [0.15, 0.2) is 127 Å². The summed E-state index contributed by atoms with van der Waals surface area (Å²) in [6.45, 7) is 0. The molecule has 0 heterocycles. The molecule has 0 aliphatic rings. The highest BCUT2D eigenvalue weighted by molar-refractivity contribution is 6.30. The van der Waals surface area contributed by atoms with Gasteiger partial charge in [-0.15, -0.1) is 0 Å². The number of rotatable bonds is 4. The van der Waals surface area contributed by atoms with Gasteiger partial charge in [-0.1, -0.05) is 103 Å². The molecule has 0 nitrogen and oxygen atoms in total. The van der Waals surface area contributed by atoms with E-state index < -0.39 is 0 Å².